The Balaban J connectivity index is 1.97. The molecule has 3 rings (SSSR count). The van der Waals surface area contributed by atoms with Crippen LogP contribution in [-0.2, 0) is 14.8 Å². The van der Waals surface area contributed by atoms with E-state index in [1.54, 1.807) is 16.4 Å². The molecule has 27 heavy (non-hydrogen) atoms. The second-order valence-electron chi connectivity index (χ2n) is 7.28. The van der Waals surface area contributed by atoms with Crippen LogP contribution < -0.4 is 5.32 Å². The van der Waals surface area contributed by atoms with Crippen LogP contribution in [0.15, 0.2) is 53.4 Å². The predicted octanol–water partition coefficient (Wildman–Crippen LogP) is 3.33. The first-order valence-corrected chi connectivity index (χ1v) is 10.6. The maximum atomic E-state index is 13.3. The van der Waals surface area contributed by atoms with Crippen LogP contribution in [0, 0.1) is 13.8 Å². The molecule has 2 atom stereocenters. The van der Waals surface area contributed by atoms with Gasteiger partial charge in [-0.3, -0.25) is 4.79 Å². The molecule has 1 heterocycles. The first-order chi connectivity index (χ1) is 12.8. The lowest BCUT2D eigenvalue weighted by Crippen LogP contribution is -2.47. The molecule has 6 heteroatoms. The van der Waals surface area contributed by atoms with Gasteiger partial charge in [0, 0.05) is 19.5 Å². The van der Waals surface area contributed by atoms with Gasteiger partial charge in [0.1, 0.15) is 0 Å². The first kappa shape index (κ1) is 19.6. The van der Waals surface area contributed by atoms with Crippen molar-refractivity contribution in [1.82, 2.24) is 9.62 Å². The summed E-state index contributed by atoms with van der Waals surface area (Å²) in [5, 5.41) is 2.95. The summed E-state index contributed by atoms with van der Waals surface area (Å²) in [5.41, 5.74) is 3.10. The number of hydrogen-bond acceptors (Lipinski definition) is 3. The highest BCUT2D eigenvalue weighted by Gasteiger charge is 2.37. The largest absolute Gasteiger partial charge is 0.353 e. The lowest BCUT2D eigenvalue weighted by molar-refractivity contribution is -0.120. The average Bonchev–Trinajstić information content (AvgIpc) is 2.62. The molecular formula is C21H26N2O3S. The van der Waals surface area contributed by atoms with Gasteiger partial charge in [0.15, 0.2) is 0 Å². The first-order valence-electron chi connectivity index (χ1n) is 9.19. The van der Waals surface area contributed by atoms with Gasteiger partial charge in [0.25, 0.3) is 0 Å². The van der Waals surface area contributed by atoms with Gasteiger partial charge in [0.05, 0.1) is 10.9 Å². The normalized spacial score (nSPS) is 21.0. The number of nitrogens with one attached hydrogen (secondary N) is 1. The molecule has 0 saturated carbocycles. The van der Waals surface area contributed by atoms with Crippen LogP contribution in [-0.4, -0.2) is 31.2 Å². The number of nitrogens with zero attached hydrogens (tertiary/aromatic N) is 1. The Morgan fingerprint density at radius 2 is 1.56 bits per heavy atom. The maximum Gasteiger partial charge on any atom is 0.243 e. The Labute approximate surface area is 161 Å². The van der Waals surface area contributed by atoms with Crippen molar-refractivity contribution >= 4 is 15.9 Å². The number of amides is 1. The van der Waals surface area contributed by atoms with Crippen molar-refractivity contribution < 1.29 is 13.2 Å². The molecule has 144 valence electrons. The van der Waals surface area contributed by atoms with Crippen LogP contribution in [0.3, 0.4) is 0 Å². The molecule has 0 bridgehead atoms. The van der Waals surface area contributed by atoms with Crippen molar-refractivity contribution in [3.63, 3.8) is 0 Å². The van der Waals surface area contributed by atoms with Crippen molar-refractivity contribution in [2.24, 2.45) is 0 Å². The molecule has 0 aliphatic carbocycles. The topological polar surface area (TPSA) is 66.5 Å². The quantitative estimate of drug-likeness (QED) is 0.876. The summed E-state index contributed by atoms with van der Waals surface area (Å²) in [4.78, 5) is 11.8. The molecule has 0 aromatic heterocycles. The summed E-state index contributed by atoms with van der Waals surface area (Å²) in [6, 6.07) is 14.6. The van der Waals surface area contributed by atoms with Crippen molar-refractivity contribution in [3.8, 4) is 0 Å². The van der Waals surface area contributed by atoms with E-state index in [0.717, 1.165) is 16.7 Å². The van der Waals surface area contributed by atoms with Gasteiger partial charge < -0.3 is 5.32 Å². The molecule has 1 fully saturated rings. The van der Waals surface area contributed by atoms with E-state index in [4.69, 9.17) is 0 Å². The van der Waals surface area contributed by atoms with E-state index in [1.807, 2.05) is 50.2 Å². The Morgan fingerprint density at radius 1 is 1.00 bits per heavy atom. The van der Waals surface area contributed by atoms with E-state index in [0.29, 0.717) is 24.3 Å². The van der Waals surface area contributed by atoms with Crippen molar-refractivity contribution in [1.29, 1.82) is 0 Å². The van der Waals surface area contributed by atoms with Gasteiger partial charge in [-0.25, -0.2) is 8.42 Å². The van der Waals surface area contributed by atoms with Crippen LogP contribution in [0.1, 0.15) is 42.5 Å². The zero-order chi connectivity index (χ0) is 19.6. The van der Waals surface area contributed by atoms with E-state index in [1.165, 1.54) is 6.92 Å². The number of rotatable bonds is 4. The summed E-state index contributed by atoms with van der Waals surface area (Å²) >= 11 is 0. The fourth-order valence-electron chi connectivity index (χ4n) is 3.59. The number of hydrogen-bond donors (Lipinski definition) is 1. The summed E-state index contributed by atoms with van der Waals surface area (Å²) in [6.45, 7) is 5.81. The summed E-state index contributed by atoms with van der Waals surface area (Å²) < 4.78 is 28.2. The van der Waals surface area contributed by atoms with Crippen LogP contribution in [0.4, 0.5) is 0 Å². The van der Waals surface area contributed by atoms with E-state index in [9.17, 15) is 13.2 Å². The minimum Gasteiger partial charge on any atom is -0.353 e. The zero-order valence-corrected chi connectivity index (χ0v) is 16.8. The Bertz CT molecular complexity index is 905. The predicted molar refractivity (Wildman–Crippen MR) is 106 cm³/mol. The van der Waals surface area contributed by atoms with Crippen LogP contribution >= 0.6 is 0 Å². The van der Waals surface area contributed by atoms with Gasteiger partial charge in [-0.1, -0.05) is 47.5 Å². The Kier molecular flexibility index (Phi) is 5.67. The minimum absolute atomic E-state index is 0.0294. The van der Waals surface area contributed by atoms with Crippen LogP contribution in [0.5, 0.6) is 0 Å². The SMILES string of the molecule is CC(=O)N[C@H]1CCN(S(=O)(=O)c2ccc(C)cc2)[C@H](c2ccc(C)cc2)C1. The second-order valence-corrected chi connectivity index (χ2v) is 9.17. The number of carbonyl (C=O) groups excluding carboxylic acids is 1. The van der Waals surface area contributed by atoms with Gasteiger partial charge >= 0.3 is 0 Å². The molecule has 1 saturated heterocycles. The highest BCUT2D eigenvalue weighted by Crippen LogP contribution is 2.35. The van der Waals surface area contributed by atoms with E-state index in [-0.39, 0.29) is 18.0 Å². The van der Waals surface area contributed by atoms with Crippen molar-refractivity contribution in [2.45, 2.75) is 50.6 Å². The van der Waals surface area contributed by atoms with E-state index >= 15 is 0 Å². The average molecular weight is 387 g/mol. The fraction of sp³-hybridized carbons (Fsp3) is 0.381. The zero-order valence-electron chi connectivity index (χ0n) is 16.0. The molecule has 1 aliphatic rings. The standard InChI is InChI=1S/C21H26N2O3S/c1-15-4-8-18(9-5-15)21-14-19(22-17(3)24)12-13-23(21)27(25,26)20-10-6-16(2)7-11-20/h4-11,19,21H,12-14H2,1-3H3,(H,22,24)/t19-,21-/m0/s1. The maximum absolute atomic E-state index is 13.3. The number of benzene rings is 2. The lowest BCUT2D eigenvalue weighted by atomic mass is 9.93. The van der Waals surface area contributed by atoms with E-state index in [2.05, 4.69) is 5.32 Å². The molecule has 0 unspecified atom stereocenters. The van der Waals surface area contributed by atoms with Gasteiger partial charge in [-0.15, -0.1) is 0 Å². The highest BCUT2D eigenvalue weighted by molar-refractivity contribution is 7.89. The Hall–Kier alpha value is -2.18. The lowest BCUT2D eigenvalue weighted by Gasteiger charge is -2.39. The molecule has 0 spiro atoms. The number of aryl methyl sites for hydroxylation is 2. The summed E-state index contributed by atoms with van der Waals surface area (Å²) in [6.07, 6.45) is 1.17. The molecule has 5 nitrogen and oxygen atoms in total. The number of piperidine rings is 1. The minimum atomic E-state index is -3.62. The molecular weight excluding hydrogens is 360 g/mol. The molecule has 2 aromatic carbocycles. The second kappa shape index (κ2) is 7.82. The summed E-state index contributed by atoms with van der Waals surface area (Å²) in [7, 11) is -3.62. The van der Waals surface area contributed by atoms with E-state index < -0.39 is 10.0 Å². The molecule has 0 radical (unpaired) electrons. The third-order valence-electron chi connectivity index (χ3n) is 5.05. The van der Waals surface area contributed by atoms with Gasteiger partial charge in [-0.05, 0) is 44.4 Å². The number of carbonyl (C=O) groups is 1. The smallest absolute Gasteiger partial charge is 0.243 e. The third-order valence-corrected chi connectivity index (χ3v) is 6.97. The molecule has 1 N–H and O–H groups in total. The molecule has 2 aromatic rings. The molecule has 1 aliphatic heterocycles. The third kappa shape index (κ3) is 4.39. The fourth-order valence-corrected chi connectivity index (χ4v) is 5.23. The number of sulfonamides is 1. The van der Waals surface area contributed by atoms with Crippen molar-refractivity contribution in [3.05, 3.63) is 65.2 Å². The monoisotopic (exact) mass is 386 g/mol. The van der Waals surface area contributed by atoms with Crippen LogP contribution in [0.25, 0.3) is 0 Å². The van der Waals surface area contributed by atoms with Crippen molar-refractivity contribution in [2.75, 3.05) is 6.54 Å². The van der Waals surface area contributed by atoms with Crippen LogP contribution in [0.2, 0.25) is 0 Å². The van der Waals surface area contributed by atoms with Gasteiger partial charge in [0.2, 0.25) is 15.9 Å². The highest BCUT2D eigenvalue weighted by atomic mass is 32.2. The Morgan fingerprint density at radius 3 is 2.11 bits per heavy atom. The molecule has 1 amide bonds. The van der Waals surface area contributed by atoms with Gasteiger partial charge in [-0.2, -0.15) is 4.31 Å². The summed E-state index contributed by atoms with van der Waals surface area (Å²) in [5.74, 6) is -0.0857.